The fraction of sp³-hybridized carbons (Fsp3) is 0.727. The molecule has 0 aliphatic heterocycles. The van der Waals surface area contributed by atoms with Crippen molar-refractivity contribution in [1.82, 2.24) is 15.1 Å². The fourth-order valence-corrected chi connectivity index (χ4v) is 2.12. The molecule has 1 aliphatic carbocycles. The number of hydrogen-bond donors (Lipinski definition) is 1. The molecule has 0 amide bonds. The molecule has 0 saturated heterocycles. The van der Waals surface area contributed by atoms with Gasteiger partial charge in [0.15, 0.2) is 0 Å². The molecule has 1 N–H and O–H groups in total. The van der Waals surface area contributed by atoms with E-state index < -0.39 is 0 Å². The first-order chi connectivity index (χ1) is 6.95. The van der Waals surface area contributed by atoms with Crippen molar-refractivity contribution in [3.05, 3.63) is 18.5 Å². The number of hydrogen-bond acceptors (Lipinski definition) is 2. The lowest BCUT2D eigenvalue weighted by Gasteiger charge is -2.22. The van der Waals surface area contributed by atoms with Gasteiger partial charge in [-0.25, -0.2) is 0 Å². The van der Waals surface area contributed by atoms with Gasteiger partial charge in [-0.15, -0.1) is 0 Å². The van der Waals surface area contributed by atoms with E-state index in [1.165, 1.54) is 32.1 Å². The van der Waals surface area contributed by atoms with Gasteiger partial charge in [0.25, 0.3) is 0 Å². The summed E-state index contributed by atoms with van der Waals surface area (Å²) < 4.78 is 1.98. The van der Waals surface area contributed by atoms with Gasteiger partial charge in [0, 0.05) is 25.0 Å². The van der Waals surface area contributed by atoms with Crippen LogP contribution in [0, 0.1) is 0 Å². The van der Waals surface area contributed by atoms with E-state index in [9.17, 15) is 0 Å². The molecule has 0 bridgehead atoms. The van der Waals surface area contributed by atoms with Crippen molar-refractivity contribution in [1.29, 1.82) is 0 Å². The smallest absolute Gasteiger partial charge is 0.0534 e. The van der Waals surface area contributed by atoms with Crippen LogP contribution in [-0.4, -0.2) is 22.4 Å². The minimum atomic E-state index is 0.763. The van der Waals surface area contributed by atoms with Gasteiger partial charge in [0.1, 0.15) is 0 Å². The van der Waals surface area contributed by atoms with Crippen LogP contribution in [0.4, 0.5) is 0 Å². The van der Waals surface area contributed by atoms with Crippen LogP contribution in [0.2, 0.25) is 0 Å². The zero-order valence-corrected chi connectivity index (χ0v) is 8.65. The summed E-state index contributed by atoms with van der Waals surface area (Å²) in [6.45, 7) is 2.04. The molecule has 14 heavy (non-hydrogen) atoms. The third-order valence-corrected chi connectivity index (χ3v) is 2.94. The Morgan fingerprint density at radius 1 is 1.29 bits per heavy atom. The molecule has 78 valence electrons. The van der Waals surface area contributed by atoms with Crippen LogP contribution < -0.4 is 5.32 Å². The Morgan fingerprint density at radius 3 is 2.86 bits per heavy atom. The standard InChI is InChI=1S/C11H19N3/c1-2-5-11(6-3-1)12-8-10-14-9-4-7-13-14/h4,7,9,11-12H,1-3,5-6,8,10H2. The quantitative estimate of drug-likeness (QED) is 0.790. The maximum Gasteiger partial charge on any atom is 0.0534 e. The summed E-state index contributed by atoms with van der Waals surface area (Å²) >= 11 is 0. The SMILES string of the molecule is c1cnn(CCNC2CCCCC2)c1. The summed E-state index contributed by atoms with van der Waals surface area (Å²) in [6, 6.07) is 2.74. The zero-order chi connectivity index (χ0) is 9.64. The van der Waals surface area contributed by atoms with Crippen molar-refractivity contribution in [2.75, 3.05) is 6.54 Å². The average Bonchev–Trinajstić information content (AvgIpc) is 2.72. The summed E-state index contributed by atoms with van der Waals surface area (Å²) in [5, 5.41) is 7.77. The van der Waals surface area contributed by atoms with Crippen molar-refractivity contribution in [2.45, 2.75) is 44.7 Å². The highest BCUT2D eigenvalue weighted by molar-refractivity contribution is 4.78. The minimum Gasteiger partial charge on any atom is -0.312 e. The van der Waals surface area contributed by atoms with Crippen LogP contribution in [0.5, 0.6) is 0 Å². The highest BCUT2D eigenvalue weighted by atomic mass is 15.3. The summed E-state index contributed by atoms with van der Waals surface area (Å²) in [5.41, 5.74) is 0. The lowest BCUT2D eigenvalue weighted by molar-refractivity contribution is 0.365. The first kappa shape index (κ1) is 9.71. The van der Waals surface area contributed by atoms with E-state index in [4.69, 9.17) is 0 Å². The Kier molecular flexibility index (Phi) is 3.57. The average molecular weight is 193 g/mol. The Labute approximate surface area is 85.5 Å². The maximum absolute atomic E-state index is 4.18. The zero-order valence-electron chi connectivity index (χ0n) is 8.65. The molecule has 1 saturated carbocycles. The number of aromatic nitrogens is 2. The van der Waals surface area contributed by atoms with Crippen molar-refractivity contribution >= 4 is 0 Å². The molecule has 0 aromatic carbocycles. The van der Waals surface area contributed by atoms with E-state index in [1.54, 1.807) is 0 Å². The largest absolute Gasteiger partial charge is 0.312 e. The Balaban J connectivity index is 1.62. The molecule has 0 radical (unpaired) electrons. The first-order valence-electron chi connectivity index (χ1n) is 5.66. The van der Waals surface area contributed by atoms with Crippen molar-refractivity contribution in [3.63, 3.8) is 0 Å². The molecule has 0 spiro atoms. The predicted molar refractivity (Wildman–Crippen MR) is 57.1 cm³/mol. The van der Waals surface area contributed by atoms with Gasteiger partial charge in [-0.2, -0.15) is 5.10 Å². The van der Waals surface area contributed by atoms with Crippen molar-refractivity contribution < 1.29 is 0 Å². The van der Waals surface area contributed by atoms with Gasteiger partial charge in [0.2, 0.25) is 0 Å². The van der Waals surface area contributed by atoms with Crippen LogP contribution in [-0.2, 0) is 6.54 Å². The molecule has 1 aromatic rings. The second-order valence-electron chi connectivity index (χ2n) is 4.06. The molecule has 0 unspecified atom stereocenters. The van der Waals surface area contributed by atoms with Crippen LogP contribution in [0.3, 0.4) is 0 Å². The van der Waals surface area contributed by atoms with Gasteiger partial charge < -0.3 is 5.32 Å². The number of nitrogens with zero attached hydrogens (tertiary/aromatic N) is 2. The third kappa shape index (κ3) is 2.84. The van der Waals surface area contributed by atoms with Crippen LogP contribution in [0.1, 0.15) is 32.1 Å². The van der Waals surface area contributed by atoms with Gasteiger partial charge in [-0.3, -0.25) is 4.68 Å². The van der Waals surface area contributed by atoms with E-state index in [1.807, 2.05) is 23.1 Å². The molecular weight excluding hydrogens is 174 g/mol. The highest BCUT2D eigenvalue weighted by Crippen LogP contribution is 2.16. The Bertz CT molecular complexity index is 237. The molecule has 1 fully saturated rings. The van der Waals surface area contributed by atoms with E-state index >= 15 is 0 Å². The molecule has 1 heterocycles. The van der Waals surface area contributed by atoms with Crippen LogP contribution >= 0.6 is 0 Å². The Hall–Kier alpha value is -0.830. The van der Waals surface area contributed by atoms with Crippen molar-refractivity contribution in [2.24, 2.45) is 0 Å². The van der Waals surface area contributed by atoms with Crippen molar-refractivity contribution in [3.8, 4) is 0 Å². The number of rotatable bonds is 4. The minimum absolute atomic E-state index is 0.763. The highest BCUT2D eigenvalue weighted by Gasteiger charge is 2.11. The maximum atomic E-state index is 4.18. The fourth-order valence-electron chi connectivity index (χ4n) is 2.12. The molecule has 1 aromatic heterocycles. The summed E-state index contributed by atoms with van der Waals surface area (Å²) in [6.07, 6.45) is 10.8. The molecule has 3 nitrogen and oxygen atoms in total. The van der Waals surface area contributed by atoms with Gasteiger partial charge in [-0.05, 0) is 18.9 Å². The summed E-state index contributed by atoms with van der Waals surface area (Å²) in [5.74, 6) is 0. The monoisotopic (exact) mass is 193 g/mol. The second kappa shape index (κ2) is 5.15. The molecule has 2 rings (SSSR count). The van der Waals surface area contributed by atoms with Gasteiger partial charge in [0.05, 0.1) is 6.54 Å². The van der Waals surface area contributed by atoms with Crippen LogP contribution in [0.25, 0.3) is 0 Å². The first-order valence-corrected chi connectivity index (χ1v) is 5.66. The van der Waals surface area contributed by atoms with E-state index in [0.29, 0.717) is 0 Å². The Morgan fingerprint density at radius 2 is 2.14 bits per heavy atom. The van der Waals surface area contributed by atoms with Gasteiger partial charge >= 0.3 is 0 Å². The molecule has 3 heteroatoms. The summed E-state index contributed by atoms with van der Waals surface area (Å²) in [7, 11) is 0. The second-order valence-corrected chi connectivity index (χ2v) is 4.06. The number of nitrogens with one attached hydrogen (secondary N) is 1. The van der Waals surface area contributed by atoms with E-state index in [-0.39, 0.29) is 0 Å². The van der Waals surface area contributed by atoms with E-state index in [2.05, 4.69) is 10.4 Å². The van der Waals surface area contributed by atoms with Gasteiger partial charge in [-0.1, -0.05) is 19.3 Å². The molecule has 1 aliphatic rings. The van der Waals surface area contributed by atoms with Crippen LogP contribution in [0.15, 0.2) is 18.5 Å². The third-order valence-electron chi connectivity index (χ3n) is 2.94. The predicted octanol–water partition coefficient (Wildman–Crippen LogP) is 1.81. The normalized spacial score (nSPS) is 18.6. The molecule has 0 atom stereocenters. The summed E-state index contributed by atoms with van der Waals surface area (Å²) in [4.78, 5) is 0. The lowest BCUT2D eigenvalue weighted by Crippen LogP contribution is -2.33. The topological polar surface area (TPSA) is 29.9 Å². The molecular formula is C11H19N3. The lowest BCUT2D eigenvalue weighted by atomic mass is 9.95. The van der Waals surface area contributed by atoms with E-state index in [0.717, 1.165) is 19.1 Å².